The topological polar surface area (TPSA) is 58.6 Å². The van der Waals surface area contributed by atoms with Crippen LogP contribution in [0.5, 0.6) is 5.75 Å². The fourth-order valence-electron chi connectivity index (χ4n) is 4.41. The van der Waals surface area contributed by atoms with Crippen LogP contribution in [-0.4, -0.2) is 29.9 Å². The Kier molecular flexibility index (Phi) is 7.63. The smallest absolute Gasteiger partial charge is 0.258 e. The fraction of sp³-hybridized carbons (Fsp3) is 0.310. The zero-order valence-corrected chi connectivity index (χ0v) is 19.9. The lowest BCUT2D eigenvalue weighted by Gasteiger charge is -2.38. The second-order valence-corrected chi connectivity index (χ2v) is 9.16. The molecule has 0 saturated carbocycles. The Morgan fingerprint density at radius 2 is 1.71 bits per heavy atom. The molecule has 0 saturated heterocycles. The summed E-state index contributed by atoms with van der Waals surface area (Å²) in [5.74, 6) is 0.929. The monoisotopic (exact) mass is 456 g/mol. The molecule has 2 amide bonds. The van der Waals surface area contributed by atoms with Gasteiger partial charge in [-0.25, -0.2) is 0 Å². The maximum absolute atomic E-state index is 13.1. The Bertz CT molecular complexity index is 1110. The predicted octanol–water partition coefficient (Wildman–Crippen LogP) is 4.90. The average Bonchev–Trinajstić information content (AvgIpc) is 2.86. The first-order valence-electron chi connectivity index (χ1n) is 11.9. The summed E-state index contributed by atoms with van der Waals surface area (Å²) in [6.45, 7) is 5.25. The summed E-state index contributed by atoms with van der Waals surface area (Å²) >= 11 is 0. The zero-order valence-electron chi connectivity index (χ0n) is 19.9. The summed E-state index contributed by atoms with van der Waals surface area (Å²) in [6, 6.07) is 25.7. The second-order valence-electron chi connectivity index (χ2n) is 9.16. The number of benzene rings is 3. The van der Waals surface area contributed by atoms with Crippen molar-refractivity contribution in [3.63, 3.8) is 0 Å². The third kappa shape index (κ3) is 5.84. The van der Waals surface area contributed by atoms with Crippen molar-refractivity contribution in [3.8, 4) is 5.75 Å². The Morgan fingerprint density at radius 1 is 1.00 bits per heavy atom. The number of nitrogens with one attached hydrogen (secondary N) is 1. The van der Waals surface area contributed by atoms with Gasteiger partial charge < -0.3 is 15.0 Å². The Labute approximate surface area is 201 Å². The number of hydrogen-bond acceptors (Lipinski definition) is 3. The van der Waals surface area contributed by atoms with E-state index < -0.39 is 0 Å². The van der Waals surface area contributed by atoms with Crippen LogP contribution in [0.2, 0.25) is 0 Å². The van der Waals surface area contributed by atoms with Gasteiger partial charge in [-0.15, -0.1) is 0 Å². The fourth-order valence-corrected chi connectivity index (χ4v) is 4.41. The number of amides is 2. The number of nitrogens with zero attached hydrogens (tertiary/aromatic N) is 1. The molecule has 1 aliphatic heterocycles. The van der Waals surface area contributed by atoms with Gasteiger partial charge in [0.2, 0.25) is 5.91 Å². The molecule has 5 heteroatoms. The maximum atomic E-state index is 13.1. The van der Waals surface area contributed by atoms with Crippen molar-refractivity contribution in [1.29, 1.82) is 0 Å². The predicted molar refractivity (Wildman–Crippen MR) is 133 cm³/mol. The van der Waals surface area contributed by atoms with Gasteiger partial charge in [-0.1, -0.05) is 80.6 Å². The van der Waals surface area contributed by atoms with Crippen molar-refractivity contribution in [1.82, 2.24) is 10.2 Å². The van der Waals surface area contributed by atoms with E-state index in [1.54, 1.807) is 0 Å². The summed E-state index contributed by atoms with van der Waals surface area (Å²) in [5, 5.41) is 2.89. The maximum Gasteiger partial charge on any atom is 0.258 e. The molecule has 176 valence electrons. The summed E-state index contributed by atoms with van der Waals surface area (Å²) in [4.78, 5) is 27.4. The van der Waals surface area contributed by atoms with Gasteiger partial charge in [0.15, 0.2) is 6.61 Å². The number of rotatable bonds is 8. The van der Waals surface area contributed by atoms with Gasteiger partial charge in [0.1, 0.15) is 5.75 Å². The van der Waals surface area contributed by atoms with Gasteiger partial charge in [0.25, 0.3) is 5.91 Å². The van der Waals surface area contributed by atoms with E-state index in [2.05, 4.69) is 37.4 Å². The van der Waals surface area contributed by atoms with E-state index in [4.69, 9.17) is 4.74 Å². The molecule has 0 aliphatic carbocycles. The van der Waals surface area contributed by atoms with Gasteiger partial charge in [-0.2, -0.15) is 0 Å². The molecule has 3 aromatic rings. The third-order valence-electron chi connectivity index (χ3n) is 6.07. The number of ether oxygens (including phenoxy) is 1. The largest absolute Gasteiger partial charge is 0.484 e. The minimum Gasteiger partial charge on any atom is -0.484 e. The molecule has 0 aromatic heterocycles. The lowest BCUT2D eigenvalue weighted by atomic mass is 9.87. The number of hydrogen-bond donors (Lipinski definition) is 1. The third-order valence-corrected chi connectivity index (χ3v) is 6.07. The summed E-state index contributed by atoms with van der Waals surface area (Å²) in [7, 11) is 0. The van der Waals surface area contributed by atoms with Gasteiger partial charge in [-0.05, 0) is 46.7 Å². The number of carbonyl (C=O) groups is 2. The molecule has 1 atom stereocenters. The molecule has 34 heavy (non-hydrogen) atoms. The molecule has 0 spiro atoms. The quantitative estimate of drug-likeness (QED) is 0.524. The van der Waals surface area contributed by atoms with Crippen molar-refractivity contribution < 1.29 is 14.3 Å². The van der Waals surface area contributed by atoms with E-state index in [9.17, 15) is 9.59 Å². The van der Waals surface area contributed by atoms with E-state index in [-0.39, 0.29) is 24.5 Å². The summed E-state index contributed by atoms with van der Waals surface area (Å²) in [6.07, 6.45) is 1.33. The highest BCUT2D eigenvalue weighted by molar-refractivity contribution is 5.78. The Morgan fingerprint density at radius 3 is 2.41 bits per heavy atom. The van der Waals surface area contributed by atoms with Crippen LogP contribution in [0, 0.1) is 5.92 Å². The van der Waals surface area contributed by atoms with Gasteiger partial charge in [-0.3, -0.25) is 9.59 Å². The van der Waals surface area contributed by atoms with E-state index >= 15 is 0 Å². The average molecular weight is 457 g/mol. The van der Waals surface area contributed by atoms with Gasteiger partial charge in [0.05, 0.1) is 6.04 Å². The molecule has 3 aromatic carbocycles. The number of carbonyl (C=O) groups excluding carboxylic acids is 2. The van der Waals surface area contributed by atoms with E-state index in [0.717, 1.165) is 23.1 Å². The van der Waals surface area contributed by atoms with Crippen LogP contribution < -0.4 is 10.1 Å². The van der Waals surface area contributed by atoms with Gasteiger partial charge >= 0.3 is 0 Å². The first-order chi connectivity index (χ1) is 16.5. The molecule has 0 radical (unpaired) electrons. The highest BCUT2D eigenvalue weighted by atomic mass is 16.5. The molecule has 5 nitrogen and oxygen atoms in total. The van der Waals surface area contributed by atoms with Crippen LogP contribution in [0.3, 0.4) is 0 Å². The van der Waals surface area contributed by atoms with Crippen LogP contribution in [0.25, 0.3) is 0 Å². The minimum atomic E-state index is -0.171. The SMILES string of the molecule is CC(C)CC(=O)N1CCc2ccc(OCC(=O)NCc3ccccc3)cc2C1c1ccccc1. The highest BCUT2D eigenvalue weighted by Crippen LogP contribution is 2.37. The normalized spacial score (nSPS) is 15.0. The number of fused-ring (bicyclic) bond motifs is 1. The van der Waals surface area contributed by atoms with E-state index in [1.165, 1.54) is 5.56 Å². The van der Waals surface area contributed by atoms with Crippen LogP contribution in [0.1, 0.15) is 48.6 Å². The lowest BCUT2D eigenvalue weighted by Crippen LogP contribution is -2.41. The molecule has 0 bridgehead atoms. The van der Waals surface area contributed by atoms with Crippen molar-refractivity contribution in [3.05, 3.63) is 101 Å². The Balaban J connectivity index is 1.50. The summed E-state index contributed by atoms with van der Waals surface area (Å²) in [5.41, 5.74) is 4.40. The molecular formula is C29H32N2O3. The van der Waals surface area contributed by atoms with Crippen LogP contribution in [-0.2, 0) is 22.6 Å². The molecule has 1 N–H and O–H groups in total. The van der Waals surface area contributed by atoms with E-state index in [1.807, 2.05) is 65.6 Å². The molecule has 1 heterocycles. The first-order valence-corrected chi connectivity index (χ1v) is 11.9. The van der Waals surface area contributed by atoms with Crippen molar-refractivity contribution in [2.24, 2.45) is 5.92 Å². The highest BCUT2D eigenvalue weighted by Gasteiger charge is 2.32. The van der Waals surface area contributed by atoms with Crippen molar-refractivity contribution in [2.45, 2.75) is 39.3 Å². The standard InChI is InChI=1S/C29H32N2O3/c1-21(2)17-28(33)31-16-15-23-13-14-25(18-26(23)29(31)24-11-7-4-8-12-24)34-20-27(32)30-19-22-9-5-3-6-10-22/h3-14,18,21,29H,15-17,19-20H2,1-2H3,(H,30,32). The first kappa shape index (κ1) is 23.6. The molecular weight excluding hydrogens is 424 g/mol. The van der Waals surface area contributed by atoms with E-state index in [0.29, 0.717) is 31.2 Å². The van der Waals surface area contributed by atoms with Crippen LogP contribution in [0.4, 0.5) is 0 Å². The van der Waals surface area contributed by atoms with Crippen LogP contribution in [0.15, 0.2) is 78.9 Å². The summed E-state index contributed by atoms with van der Waals surface area (Å²) < 4.78 is 5.85. The molecule has 1 aliphatic rings. The second kappa shape index (κ2) is 11.0. The molecule has 4 rings (SSSR count). The zero-order chi connectivity index (χ0) is 23.9. The lowest BCUT2D eigenvalue weighted by molar-refractivity contribution is -0.134. The molecule has 0 fully saturated rings. The van der Waals surface area contributed by atoms with Gasteiger partial charge in [0, 0.05) is 19.5 Å². The van der Waals surface area contributed by atoms with Crippen molar-refractivity contribution in [2.75, 3.05) is 13.2 Å². The minimum absolute atomic E-state index is 0.0579. The van der Waals surface area contributed by atoms with Crippen molar-refractivity contribution >= 4 is 11.8 Å². The molecule has 1 unspecified atom stereocenters. The Hall–Kier alpha value is -3.60. The van der Waals surface area contributed by atoms with Crippen LogP contribution >= 0.6 is 0 Å².